The highest BCUT2D eigenvalue weighted by atomic mass is 16.4. The second-order valence-electron chi connectivity index (χ2n) is 6.05. The second kappa shape index (κ2) is 5.38. The average molecular weight is 239 g/mol. The molecule has 0 aromatic carbocycles. The molecule has 0 bridgehead atoms. The molecule has 3 nitrogen and oxygen atoms in total. The molecule has 0 aromatic rings. The van der Waals surface area contributed by atoms with E-state index in [4.69, 9.17) is 10.8 Å². The number of aliphatic carboxylic acids is 1. The SMILES string of the molecule is NC(CC1(C2CCCCC2)CCCC1)C(=O)O. The molecule has 3 heteroatoms. The number of hydrogen-bond acceptors (Lipinski definition) is 2. The highest BCUT2D eigenvalue weighted by Gasteiger charge is 2.43. The highest BCUT2D eigenvalue weighted by Crippen LogP contribution is 2.52. The first-order chi connectivity index (χ1) is 8.14. The normalized spacial score (nSPS) is 26.9. The molecule has 0 heterocycles. The van der Waals surface area contributed by atoms with Crippen molar-refractivity contribution < 1.29 is 9.90 Å². The van der Waals surface area contributed by atoms with Crippen molar-refractivity contribution in [1.29, 1.82) is 0 Å². The molecule has 3 N–H and O–H groups in total. The average Bonchev–Trinajstić information content (AvgIpc) is 2.80. The van der Waals surface area contributed by atoms with Crippen LogP contribution in [-0.4, -0.2) is 17.1 Å². The maximum Gasteiger partial charge on any atom is 0.320 e. The van der Waals surface area contributed by atoms with Crippen LogP contribution >= 0.6 is 0 Å². The van der Waals surface area contributed by atoms with Crippen molar-refractivity contribution >= 4 is 5.97 Å². The fraction of sp³-hybridized carbons (Fsp3) is 0.929. The molecule has 2 fully saturated rings. The standard InChI is InChI=1S/C14H25NO2/c15-12(13(16)17)10-14(8-4-5-9-14)11-6-2-1-3-7-11/h11-12H,1-10,15H2,(H,16,17). The van der Waals surface area contributed by atoms with E-state index in [0.717, 1.165) is 5.92 Å². The molecule has 0 amide bonds. The predicted octanol–water partition coefficient (Wildman–Crippen LogP) is 2.93. The number of nitrogens with two attached hydrogens (primary N) is 1. The summed E-state index contributed by atoms with van der Waals surface area (Å²) < 4.78 is 0. The van der Waals surface area contributed by atoms with Crippen molar-refractivity contribution in [2.24, 2.45) is 17.1 Å². The minimum absolute atomic E-state index is 0.262. The Balaban J connectivity index is 2.05. The molecule has 2 aliphatic carbocycles. The summed E-state index contributed by atoms with van der Waals surface area (Å²) in [7, 11) is 0. The van der Waals surface area contributed by atoms with Crippen LogP contribution in [0.4, 0.5) is 0 Å². The Bertz CT molecular complexity index is 265. The van der Waals surface area contributed by atoms with Gasteiger partial charge in [0.05, 0.1) is 0 Å². The Morgan fingerprint density at radius 1 is 1.18 bits per heavy atom. The van der Waals surface area contributed by atoms with E-state index in [0.29, 0.717) is 6.42 Å². The highest BCUT2D eigenvalue weighted by molar-refractivity contribution is 5.73. The fourth-order valence-electron chi connectivity index (χ4n) is 4.10. The van der Waals surface area contributed by atoms with Gasteiger partial charge >= 0.3 is 5.97 Å². The lowest BCUT2D eigenvalue weighted by Gasteiger charge is -2.41. The molecular weight excluding hydrogens is 214 g/mol. The van der Waals surface area contributed by atoms with E-state index in [-0.39, 0.29) is 5.41 Å². The molecule has 0 radical (unpaired) electrons. The molecule has 0 saturated heterocycles. The van der Waals surface area contributed by atoms with E-state index in [1.165, 1.54) is 57.8 Å². The molecule has 0 spiro atoms. The zero-order valence-electron chi connectivity index (χ0n) is 10.7. The Morgan fingerprint density at radius 2 is 1.76 bits per heavy atom. The zero-order valence-corrected chi connectivity index (χ0v) is 10.7. The van der Waals surface area contributed by atoms with Gasteiger partial charge in [0.15, 0.2) is 0 Å². The minimum atomic E-state index is -0.827. The zero-order chi connectivity index (χ0) is 12.3. The van der Waals surface area contributed by atoms with Crippen LogP contribution in [0.3, 0.4) is 0 Å². The largest absolute Gasteiger partial charge is 0.480 e. The van der Waals surface area contributed by atoms with Crippen molar-refractivity contribution in [1.82, 2.24) is 0 Å². The molecular formula is C14H25NO2. The van der Waals surface area contributed by atoms with Gasteiger partial charge in [0.2, 0.25) is 0 Å². The van der Waals surface area contributed by atoms with Gasteiger partial charge in [-0.15, -0.1) is 0 Å². The van der Waals surface area contributed by atoms with Gasteiger partial charge in [0.1, 0.15) is 6.04 Å². The summed E-state index contributed by atoms with van der Waals surface area (Å²) in [4.78, 5) is 11.0. The Kier molecular flexibility index (Phi) is 4.08. The number of carbonyl (C=O) groups is 1. The topological polar surface area (TPSA) is 63.3 Å². The van der Waals surface area contributed by atoms with Crippen LogP contribution in [0.2, 0.25) is 0 Å². The molecule has 1 atom stereocenters. The summed E-state index contributed by atoms with van der Waals surface area (Å²) >= 11 is 0. The first kappa shape index (κ1) is 12.9. The number of carboxylic acids is 1. The molecule has 2 aliphatic rings. The van der Waals surface area contributed by atoms with Crippen molar-refractivity contribution in [3.63, 3.8) is 0 Å². The second-order valence-corrected chi connectivity index (χ2v) is 6.05. The first-order valence-corrected chi connectivity index (χ1v) is 7.12. The number of hydrogen-bond donors (Lipinski definition) is 2. The summed E-state index contributed by atoms with van der Waals surface area (Å²) in [5.74, 6) is -0.0868. The van der Waals surface area contributed by atoms with Crippen LogP contribution in [0, 0.1) is 11.3 Å². The Morgan fingerprint density at radius 3 is 2.29 bits per heavy atom. The lowest BCUT2D eigenvalue weighted by Crippen LogP contribution is -2.40. The Labute approximate surface area is 104 Å². The number of carboxylic acid groups (broad SMARTS) is 1. The van der Waals surface area contributed by atoms with E-state index < -0.39 is 12.0 Å². The molecule has 0 aromatic heterocycles. The number of rotatable bonds is 4. The molecule has 1 unspecified atom stereocenters. The third-order valence-corrected chi connectivity index (χ3v) is 5.01. The minimum Gasteiger partial charge on any atom is -0.480 e. The van der Waals surface area contributed by atoms with E-state index in [9.17, 15) is 4.79 Å². The van der Waals surface area contributed by atoms with Crippen LogP contribution in [0.25, 0.3) is 0 Å². The van der Waals surface area contributed by atoms with E-state index >= 15 is 0 Å². The summed E-state index contributed by atoms with van der Waals surface area (Å²) in [5, 5.41) is 9.03. The van der Waals surface area contributed by atoms with Crippen LogP contribution in [-0.2, 0) is 4.79 Å². The summed E-state index contributed by atoms with van der Waals surface area (Å²) in [6.07, 6.45) is 12.3. The maximum absolute atomic E-state index is 11.0. The first-order valence-electron chi connectivity index (χ1n) is 7.12. The monoisotopic (exact) mass is 239 g/mol. The maximum atomic E-state index is 11.0. The molecule has 0 aliphatic heterocycles. The quantitative estimate of drug-likeness (QED) is 0.792. The lowest BCUT2D eigenvalue weighted by atomic mass is 9.65. The van der Waals surface area contributed by atoms with Gasteiger partial charge in [-0.2, -0.15) is 0 Å². The van der Waals surface area contributed by atoms with Gasteiger partial charge < -0.3 is 10.8 Å². The van der Waals surface area contributed by atoms with Gasteiger partial charge in [-0.25, -0.2) is 0 Å². The van der Waals surface area contributed by atoms with Gasteiger partial charge in [-0.3, -0.25) is 4.79 Å². The smallest absolute Gasteiger partial charge is 0.320 e. The Hall–Kier alpha value is -0.570. The fourth-order valence-corrected chi connectivity index (χ4v) is 4.10. The summed E-state index contributed by atoms with van der Waals surface area (Å²) in [6.45, 7) is 0. The van der Waals surface area contributed by atoms with Crippen LogP contribution in [0.5, 0.6) is 0 Å². The summed E-state index contributed by atoms with van der Waals surface area (Å²) in [5.41, 5.74) is 6.05. The van der Waals surface area contributed by atoms with Gasteiger partial charge in [0.25, 0.3) is 0 Å². The van der Waals surface area contributed by atoms with Crippen molar-refractivity contribution in [2.45, 2.75) is 70.3 Å². The van der Waals surface area contributed by atoms with E-state index in [1.807, 2.05) is 0 Å². The molecule has 2 saturated carbocycles. The van der Waals surface area contributed by atoms with Crippen molar-refractivity contribution in [2.75, 3.05) is 0 Å². The third-order valence-electron chi connectivity index (χ3n) is 5.01. The van der Waals surface area contributed by atoms with E-state index in [2.05, 4.69) is 0 Å². The third kappa shape index (κ3) is 2.82. The van der Waals surface area contributed by atoms with Crippen LogP contribution in [0.15, 0.2) is 0 Å². The summed E-state index contributed by atoms with van der Waals surface area (Å²) in [6, 6.07) is -0.657. The lowest BCUT2D eigenvalue weighted by molar-refractivity contribution is -0.139. The molecule has 98 valence electrons. The van der Waals surface area contributed by atoms with Crippen molar-refractivity contribution in [3.05, 3.63) is 0 Å². The molecule has 2 rings (SSSR count). The van der Waals surface area contributed by atoms with Crippen LogP contribution < -0.4 is 5.73 Å². The molecule has 17 heavy (non-hydrogen) atoms. The van der Waals surface area contributed by atoms with Crippen molar-refractivity contribution in [3.8, 4) is 0 Å². The van der Waals surface area contributed by atoms with Gasteiger partial charge in [0, 0.05) is 0 Å². The predicted molar refractivity (Wildman–Crippen MR) is 67.7 cm³/mol. The van der Waals surface area contributed by atoms with Crippen LogP contribution in [0.1, 0.15) is 64.2 Å². The van der Waals surface area contributed by atoms with Gasteiger partial charge in [-0.05, 0) is 43.4 Å². The van der Waals surface area contributed by atoms with Gasteiger partial charge in [-0.1, -0.05) is 32.1 Å². The van der Waals surface area contributed by atoms with E-state index in [1.54, 1.807) is 0 Å².